The molecule has 6 nitrogen and oxygen atoms in total. The molecular formula is C15H25N5O. The van der Waals surface area contributed by atoms with Crippen molar-refractivity contribution in [1.82, 2.24) is 9.97 Å². The quantitative estimate of drug-likeness (QED) is 0.792. The largest absolute Gasteiger partial charge is 0.383 e. The molecule has 0 spiro atoms. The maximum Gasteiger partial charge on any atom is 0.137 e. The minimum absolute atomic E-state index is 0.247. The third-order valence-electron chi connectivity index (χ3n) is 3.25. The molecule has 1 rings (SSSR count). The Balaban J connectivity index is 3.20. The second-order valence-electron chi connectivity index (χ2n) is 5.17. The van der Waals surface area contributed by atoms with Crippen molar-refractivity contribution in [3.63, 3.8) is 0 Å². The van der Waals surface area contributed by atoms with Gasteiger partial charge in [0.1, 0.15) is 17.5 Å². The third kappa shape index (κ3) is 4.57. The maximum absolute atomic E-state index is 8.85. The number of hydrogen-bond donors (Lipinski definition) is 1. The standard InChI is InChI=1S/C15H25N5O/c1-11(2)13-18-14(17-4)12(3)15(19-13)20(8-6-7-16)9-10-21-5/h11H,6,8-10H2,1-5H3,(H,17,18,19). The minimum atomic E-state index is 0.247. The minimum Gasteiger partial charge on any atom is -0.383 e. The van der Waals surface area contributed by atoms with Crippen molar-refractivity contribution in [3.8, 4) is 6.07 Å². The predicted octanol–water partition coefficient (Wildman–Crippen LogP) is 2.32. The Bertz CT molecular complexity index is 496. The number of nitriles is 1. The van der Waals surface area contributed by atoms with E-state index in [-0.39, 0.29) is 5.92 Å². The number of nitrogens with zero attached hydrogens (tertiary/aromatic N) is 4. The van der Waals surface area contributed by atoms with Crippen molar-refractivity contribution in [2.45, 2.75) is 33.1 Å². The average molecular weight is 291 g/mol. The zero-order valence-corrected chi connectivity index (χ0v) is 13.6. The first-order chi connectivity index (χ1) is 10.0. The molecule has 0 bridgehead atoms. The van der Waals surface area contributed by atoms with Gasteiger partial charge in [0, 0.05) is 38.7 Å². The SMILES string of the molecule is CNc1nc(C(C)C)nc(N(CCC#N)CCOC)c1C. The van der Waals surface area contributed by atoms with Crippen LogP contribution in [0.1, 0.15) is 37.6 Å². The van der Waals surface area contributed by atoms with Crippen molar-refractivity contribution in [2.75, 3.05) is 44.1 Å². The Morgan fingerprint density at radius 1 is 1.33 bits per heavy atom. The fourth-order valence-electron chi connectivity index (χ4n) is 2.04. The highest BCUT2D eigenvalue weighted by molar-refractivity contribution is 5.58. The van der Waals surface area contributed by atoms with Gasteiger partial charge in [-0.05, 0) is 6.92 Å². The fraction of sp³-hybridized carbons (Fsp3) is 0.667. The fourth-order valence-corrected chi connectivity index (χ4v) is 2.04. The molecule has 1 heterocycles. The number of aromatic nitrogens is 2. The molecule has 6 heteroatoms. The second-order valence-corrected chi connectivity index (χ2v) is 5.17. The molecule has 0 atom stereocenters. The van der Waals surface area contributed by atoms with E-state index in [2.05, 4.69) is 35.1 Å². The summed E-state index contributed by atoms with van der Waals surface area (Å²) in [5.74, 6) is 2.77. The van der Waals surface area contributed by atoms with Crippen molar-refractivity contribution in [3.05, 3.63) is 11.4 Å². The van der Waals surface area contributed by atoms with Crippen LogP contribution in [0.4, 0.5) is 11.6 Å². The highest BCUT2D eigenvalue weighted by Crippen LogP contribution is 2.25. The first-order valence-corrected chi connectivity index (χ1v) is 7.22. The van der Waals surface area contributed by atoms with Crippen molar-refractivity contribution in [1.29, 1.82) is 5.26 Å². The van der Waals surface area contributed by atoms with Gasteiger partial charge in [-0.15, -0.1) is 0 Å². The van der Waals surface area contributed by atoms with E-state index in [4.69, 9.17) is 15.0 Å². The summed E-state index contributed by atoms with van der Waals surface area (Å²) >= 11 is 0. The Morgan fingerprint density at radius 3 is 2.57 bits per heavy atom. The van der Waals surface area contributed by atoms with Crippen LogP contribution in [0.2, 0.25) is 0 Å². The van der Waals surface area contributed by atoms with E-state index in [0.29, 0.717) is 26.1 Å². The molecule has 0 aliphatic heterocycles. The third-order valence-corrected chi connectivity index (χ3v) is 3.25. The van der Waals surface area contributed by atoms with Crippen LogP contribution in [0.3, 0.4) is 0 Å². The molecule has 0 amide bonds. The van der Waals surface area contributed by atoms with Gasteiger partial charge in [0.05, 0.1) is 19.1 Å². The monoisotopic (exact) mass is 291 g/mol. The van der Waals surface area contributed by atoms with Gasteiger partial charge in [-0.25, -0.2) is 9.97 Å². The van der Waals surface area contributed by atoms with Crippen LogP contribution < -0.4 is 10.2 Å². The molecule has 1 aromatic heterocycles. The summed E-state index contributed by atoms with van der Waals surface area (Å²) in [6.45, 7) is 8.08. The Kier molecular flexibility index (Phi) is 6.89. The lowest BCUT2D eigenvalue weighted by atomic mass is 10.2. The maximum atomic E-state index is 8.85. The molecular weight excluding hydrogens is 266 g/mol. The van der Waals surface area contributed by atoms with Crippen LogP contribution in [0, 0.1) is 18.3 Å². The van der Waals surface area contributed by atoms with Crippen LogP contribution >= 0.6 is 0 Å². The van der Waals surface area contributed by atoms with Gasteiger partial charge in [-0.2, -0.15) is 5.26 Å². The van der Waals surface area contributed by atoms with E-state index < -0.39 is 0 Å². The Morgan fingerprint density at radius 2 is 2.05 bits per heavy atom. The number of ether oxygens (including phenoxy) is 1. The average Bonchev–Trinajstić information content (AvgIpc) is 2.48. The summed E-state index contributed by atoms with van der Waals surface area (Å²) in [6.07, 6.45) is 0.457. The number of rotatable bonds is 8. The lowest BCUT2D eigenvalue weighted by Crippen LogP contribution is -2.30. The van der Waals surface area contributed by atoms with Crippen molar-refractivity contribution in [2.24, 2.45) is 0 Å². The number of methoxy groups -OCH3 is 1. The van der Waals surface area contributed by atoms with E-state index in [1.807, 2.05) is 14.0 Å². The number of nitrogens with one attached hydrogen (secondary N) is 1. The zero-order chi connectivity index (χ0) is 15.8. The lowest BCUT2D eigenvalue weighted by molar-refractivity contribution is 0.205. The molecule has 0 unspecified atom stereocenters. The molecule has 21 heavy (non-hydrogen) atoms. The van der Waals surface area contributed by atoms with Gasteiger partial charge in [0.2, 0.25) is 0 Å². The molecule has 0 saturated heterocycles. The van der Waals surface area contributed by atoms with E-state index in [0.717, 1.165) is 23.0 Å². The van der Waals surface area contributed by atoms with Gasteiger partial charge in [-0.1, -0.05) is 13.8 Å². The number of anilines is 2. The summed E-state index contributed by atoms with van der Waals surface area (Å²) in [7, 11) is 3.53. The molecule has 116 valence electrons. The lowest BCUT2D eigenvalue weighted by Gasteiger charge is -2.26. The van der Waals surface area contributed by atoms with E-state index in [1.165, 1.54) is 0 Å². The Labute approximate surface area is 127 Å². The summed E-state index contributed by atoms with van der Waals surface area (Å²) in [4.78, 5) is 11.3. The first kappa shape index (κ1) is 17.2. The summed E-state index contributed by atoms with van der Waals surface area (Å²) in [5, 5.41) is 12.0. The molecule has 1 aromatic rings. The highest BCUT2D eigenvalue weighted by atomic mass is 16.5. The smallest absolute Gasteiger partial charge is 0.137 e. The molecule has 0 fully saturated rings. The molecule has 0 saturated carbocycles. The van der Waals surface area contributed by atoms with E-state index in [9.17, 15) is 0 Å². The zero-order valence-electron chi connectivity index (χ0n) is 13.6. The van der Waals surface area contributed by atoms with Gasteiger partial charge >= 0.3 is 0 Å². The van der Waals surface area contributed by atoms with Crippen LogP contribution in [0.15, 0.2) is 0 Å². The van der Waals surface area contributed by atoms with Crippen molar-refractivity contribution >= 4 is 11.6 Å². The highest BCUT2D eigenvalue weighted by Gasteiger charge is 2.17. The van der Waals surface area contributed by atoms with Crippen LogP contribution in [-0.2, 0) is 4.74 Å². The van der Waals surface area contributed by atoms with Crippen LogP contribution in [0.5, 0.6) is 0 Å². The molecule has 0 aromatic carbocycles. The first-order valence-electron chi connectivity index (χ1n) is 7.22. The van der Waals surface area contributed by atoms with E-state index >= 15 is 0 Å². The van der Waals surface area contributed by atoms with Gasteiger partial charge in [0.25, 0.3) is 0 Å². The van der Waals surface area contributed by atoms with Crippen LogP contribution in [-0.4, -0.2) is 43.8 Å². The summed E-state index contributed by atoms with van der Waals surface area (Å²) < 4.78 is 5.16. The van der Waals surface area contributed by atoms with Crippen LogP contribution in [0.25, 0.3) is 0 Å². The predicted molar refractivity (Wildman–Crippen MR) is 84.7 cm³/mol. The summed E-state index contributed by atoms with van der Waals surface area (Å²) in [6, 6.07) is 2.19. The number of hydrogen-bond acceptors (Lipinski definition) is 6. The second kappa shape index (κ2) is 8.42. The molecule has 0 radical (unpaired) electrons. The van der Waals surface area contributed by atoms with Crippen molar-refractivity contribution < 1.29 is 4.74 Å². The summed E-state index contributed by atoms with van der Waals surface area (Å²) in [5.41, 5.74) is 0.996. The van der Waals surface area contributed by atoms with Gasteiger partial charge < -0.3 is 15.0 Å². The molecule has 0 aliphatic carbocycles. The van der Waals surface area contributed by atoms with Gasteiger partial charge in [-0.3, -0.25) is 0 Å². The van der Waals surface area contributed by atoms with Gasteiger partial charge in [0.15, 0.2) is 0 Å². The topological polar surface area (TPSA) is 74.1 Å². The molecule has 0 aliphatic rings. The van der Waals surface area contributed by atoms with E-state index in [1.54, 1.807) is 7.11 Å². The Hall–Kier alpha value is -1.87. The normalized spacial score (nSPS) is 10.5. The molecule has 1 N–H and O–H groups in total.